The first-order chi connectivity index (χ1) is 5.77. The highest BCUT2D eigenvalue weighted by atomic mass is 16.1. The van der Waals surface area contributed by atoms with Gasteiger partial charge in [-0.1, -0.05) is 0 Å². The first kappa shape index (κ1) is 8.05. The van der Waals surface area contributed by atoms with Gasteiger partial charge in [-0.15, -0.1) is 0 Å². The lowest BCUT2D eigenvalue weighted by Crippen LogP contribution is -2.42. The van der Waals surface area contributed by atoms with Crippen molar-refractivity contribution in [2.45, 2.75) is 31.7 Å². The van der Waals surface area contributed by atoms with Crippen LogP contribution >= 0.6 is 0 Å². The normalized spacial score (nSPS) is 31.8. The van der Waals surface area contributed by atoms with Gasteiger partial charge in [0.2, 0.25) is 5.91 Å². The number of likely N-dealkylation sites (tertiary alicyclic amines) is 1. The highest BCUT2D eigenvalue weighted by Gasteiger charge is 2.33. The molecule has 1 heterocycles. The zero-order valence-corrected chi connectivity index (χ0v) is 7.33. The summed E-state index contributed by atoms with van der Waals surface area (Å²) in [4.78, 5) is 13.4. The van der Waals surface area contributed by atoms with Gasteiger partial charge in [-0.2, -0.15) is 0 Å². The maximum atomic E-state index is 10.9. The molecule has 2 rings (SSSR count). The van der Waals surface area contributed by atoms with E-state index in [0.717, 1.165) is 25.4 Å². The van der Waals surface area contributed by atoms with E-state index in [2.05, 4.69) is 4.90 Å². The molecule has 1 amide bonds. The summed E-state index contributed by atoms with van der Waals surface area (Å²) in [5.41, 5.74) is 5.28. The van der Waals surface area contributed by atoms with Gasteiger partial charge in [0.05, 0.1) is 5.92 Å². The summed E-state index contributed by atoms with van der Waals surface area (Å²) in [7, 11) is 0. The van der Waals surface area contributed by atoms with Gasteiger partial charge in [0.1, 0.15) is 0 Å². The van der Waals surface area contributed by atoms with E-state index in [4.69, 9.17) is 5.73 Å². The first-order valence-electron chi connectivity index (χ1n) is 4.81. The molecular formula is C9H16N2O. The van der Waals surface area contributed by atoms with Crippen molar-refractivity contribution in [2.24, 2.45) is 11.7 Å². The van der Waals surface area contributed by atoms with Crippen molar-refractivity contribution in [3.8, 4) is 0 Å². The van der Waals surface area contributed by atoms with E-state index in [1.54, 1.807) is 0 Å². The summed E-state index contributed by atoms with van der Waals surface area (Å²) >= 11 is 0. The Labute approximate surface area is 72.9 Å². The Kier molecular flexibility index (Phi) is 2.05. The van der Waals surface area contributed by atoms with E-state index in [0.29, 0.717) is 0 Å². The van der Waals surface area contributed by atoms with Gasteiger partial charge in [-0.25, -0.2) is 0 Å². The Bertz CT molecular complexity index is 189. The monoisotopic (exact) mass is 168 g/mol. The number of amides is 1. The number of nitrogens with zero attached hydrogens (tertiary/aromatic N) is 1. The predicted molar refractivity (Wildman–Crippen MR) is 46.5 cm³/mol. The lowest BCUT2D eigenvalue weighted by molar-refractivity contribution is -0.123. The molecule has 2 fully saturated rings. The molecule has 0 radical (unpaired) electrons. The van der Waals surface area contributed by atoms with Gasteiger partial charge < -0.3 is 5.73 Å². The van der Waals surface area contributed by atoms with Crippen LogP contribution in [-0.2, 0) is 4.79 Å². The molecule has 0 spiro atoms. The maximum absolute atomic E-state index is 10.9. The quantitative estimate of drug-likeness (QED) is 0.646. The Morgan fingerprint density at radius 2 is 2.08 bits per heavy atom. The fourth-order valence-electron chi connectivity index (χ4n) is 2.01. The minimum atomic E-state index is -0.111. The molecule has 0 bridgehead atoms. The molecule has 1 aliphatic heterocycles. The molecule has 3 nitrogen and oxygen atoms in total. The van der Waals surface area contributed by atoms with Crippen LogP contribution in [0.15, 0.2) is 0 Å². The molecule has 1 atom stereocenters. The van der Waals surface area contributed by atoms with E-state index in [9.17, 15) is 4.79 Å². The molecule has 3 heteroatoms. The number of hydrogen-bond donors (Lipinski definition) is 1. The van der Waals surface area contributed by atoms with E-state index < -0.39 is 0 Å². The number of primary amides is 1. The maximum Gasteiger partial charge on any atom is 0.221 e. The van der Waals surface area contributed by atoms with Crippen molar-refractivity contribution in [2.75, 3.05) is 13.1 Å². The number of carbonyl (C=O) groups excluding carboxylic acids is 1. The molecule has 1 saturated carbocycles. The third-order valence-electron chi connectivity index (χ3n) is 2.92. The third-order valence-corrected chi connectivity index (χ3v) is 2.92. The van der Waals surface area contributed by atoms with Crippen molar-refractivity contribution in [3.05, 3.63) is 0 Å². The van der Waals surface area contributed by atoms with Crippen molar-refractivity contribution in [1.29, 1.82) is 0 Å². The number of nitrogens with two attached hydrogens (primary N) is 1. The van der Waals surface area contributed by atoms with Crippen molar-refractivity contribution < 1.29 is 4.79 Å². The van der Waals surface area contributed by atoms with Crippen LogP contribution < -0.4 is 5.73 Å². The van der Waals surface area contributed by atoms with Crippen LogP contribution in [0.2, 0.25) is 0 Å². The standard InChI is InChI=1S/C9H16N2O/c10-9(12)7-2-1-5-11(6-7)8-3-4-8/h7-8H,1-6H2,(H2,10,12). The smallest absolute Gasteiger partial charge is 0.221 e. The molecule has 1 unspecified atom stereocenters. The van der Waals surface area contributed by atoms with Crippen molar-refractivity contribution in [1.82, 2.24) is 4.90 Å². The second kappa shape index (κ2) is 3.05. The van der Waals surface area contributed by atoms with Gasteiger partial charge in [-0.3, -0.25) is 9.69 Å². The second-order valence-corrected chi connectivity index (χ2v) is 3.97. The van der Waals surface area contributed by atoms with Crippen LogP contribution in [0.25, 0.3) is 0 Å². The fourth-order valence-corrected chi connectivity index (χ4v) is 2.01. The number of hydrogen-bond acceptors (Lipinski definition) is 2. The second-order valence-electron chi connectivity index (χ2n) is 3.97. The highest BCUT2D eigenvalue weighted by Crippen LogP contribution is 2.30. The van der Waals surface area contributed by atoms with Crippen LogP contribution in [0, 0.1) is 5.92 Å². The number of carbonyl (C=O) groups is 1. The summed E-state index contributed by atoms with van der Waals surface area (Å²) in [6.45, 7) is 2.09. The van der Waals surface area contributed by atoms with Crippen LogP contribution in [-0.4, -0.2) is 29.9 Å². The molecular weight excluding hydrogens is 152 g/mol. The molecule has 68 valence electrons. The summed E-state index contributed by atoms with van der Waals surface area (Å²) in [5.74, 6) is 0.0136. The van der Waals surface area contributed by atoms with E-state index >= 15 is 0 Å². The van der Waals surface area contributed by atoms with Gasteiger partial charge >= 0.3 is 0 Å². The van der Waals surface area contributed by atoms with Crippen LogP contribution in [0.5, 0.6) is 0 Å². The van der Waals surface area contributed by atoms with Crippen LogP contribution in [0.3, 0.4) is 0 Å². The van der Waals surface area contributed by atoms with Crippen LogP contribution in [0.1, 0.15) is 25.7 Å². The Balaban J connectivity index is 1.89. The molecule has 2 N–H and O–H groups in total. The predicted octanol–water partition coefficient (Wildman–Crippen LogP) is 0.346. The largest absolute Gasteiger partial charge is 0.369 e. The minimum absolute atomic E-state index is 0.111. The molecule has 12 heavy (non-hydrogen) atoms. The minimum Gasteiger partial charge on any atom is -0.369 e. The van der Waals surface area contributed by atoms with Gasteiger partial charge in [-0.05, 0) is 32.2 Å². The number of piperidine rings is 1. The zero-order valence-electron chi connectivity index (χ0n) is 7.33. The molecule has 1 saturated heterocycles. The van der Waals surface area contributed by atoms with E-state index in [1.165, 1.54) is 19.4 Å². The fraction of sp³-hybridized carbons (Fsp3) is 0.889. The molecule has 0 aromatic heterocycles. The first-order valence-corrected chi connectivity index (χ1v) is 4.81. The lowest BCUT2D eigenvalue weighted by atomic mass is 9.97. The Morgan fingerprint density at radius 1 is 1.33 bits per heavy atom. The van der Waals surface area contributed by atoms with Crippen molar-refractivity contribution in [3.63, 3.8) is 0 Å². The molecule has 0 aromatic rings. The average molecular weight is 168 g/mol. The van der Waals surface area contributed by atoms with E-state index in [1.807, 2.05) is 0 Å². The summed E-state index contributed by atoms with van der Waals surface area (Å²) in [6, 6.07) is 0.784. The average Bonchev–Trinajstić information content (AvgIpc) is 2.87. The van der Waals surface area contributed by atoms with Crippen molar-refractivity contribution >= 4 is 5.91 Å². The third kappa shape index (κ3) is 1.61. The van der Waals surface area contributed by atoms with Crippen LogP contribution in [0.4, 0.5) is 0 Å². The Morgan fingerprint density at radius 3 is 2.67 bits per heavy atom. The molecule has 1 aliphatic carbocycles. The zero-order chi connectivity index (χ0) is 8.55. The topological polar surface area (TPSA) is 46.3 Å². The summed E-state index contributed by atoms with van der Waals surface area (Å²) in [5, 5.41) is 0. The van der Waals surface area contributed by atoms with E-state index in [-0.39, 0.29) is 11.8 Å². The van der Waals surface area contributed by atoms with Gasteiger partial charge in [0.25, 0.3) is 0 Å². The highest BCUT2D eigenvalue weighted by molar-refractivity contribution is 5.76. The molecule has 2 aliphatic rings. The van der Waals surface area contributed by atoms with Gasteiger partial charge in [0.15, 0.2) is 0 Å². The molecule has 0 aromatic carbocycles. The lowest BCUT2D eigenvalue weighted by Gasteiger charge is -2.30. The summed E-state index contributed by atoms with van der Waals surface area (Å²) in [6.07, 6.45) is 4.79. The number of rotatable bonds is 2. The Hall–Kier alpha value is -0.570. The SMILES string of the molecule is NC(=O)C1CCCN(C2CC2)C1. The summed E-state index contributed by atoms with van der Waals surface area (Å²) < 4.78 is 0. The van der Waals surface area contributed by atoms with Gasteiger partial charge in [0, 0.05) is 12.6 Å².